The fraction of sp³-hybridized carbons (Fsp3) is 1.00. The Kier molecular flexibility index (Phi) is 17.5. The van der Waals surface area contributed by atoms with Gasteiger partial charge in [-0.2, -0.15) is 0 Å². The van der Waals surface area contributed by atoms with Gasteiger partial charge in [0.1, 0.15) is 0 Å². The molecule has 0 amide bonds. The van der Waals surface area contributed by atoms with Crippen LogP contribution in [0.1, 0.15) is 32.6 Å². The molecule has 0 aromatic heterocycles. The third-order valence-electron chi connectivity index (χ3n) is 2.85. The molecule has 0 spiro atoms. The summed E-state index contributed by atoms with van der Waals surface area (Å²) in [5.41, 5.74) is 0. The third kappa shape index (κ3) is 10.9. The monoisotopic (exact) mass is 328 g/mol. The van der Waals surface area contributed by atoms with E-state index >= 15 is 0 Å². The van der Waals surface area contributed by atoms with E-state index in [2.05, 4.69) is 6.92 Å². The van der Waals surface area contributed by atoms with Crippen molar-refractivity contribution in [2.45, 2.75) is 38.7 Å². The van der Waals surface area contributed by atoms with Gasteiger partial charge < -0.3 is 26.6 Å². The number of unbranched alkanes of at least 4 members (excludes halogenated alkanes) is 3. The normalized spacial score (nSPS) is 11.4. The molecular weight excluding hydrogens is 296 g/mol. The predicted molar refractivity (Wildman–Crippen MR) is 83.9 cm³/mol. The molecule has 0 aliphatic heterocycles. The van der Waals surface area contributed by atoms with E-state index in [4.69, 9.17) is 26.6 Å². The molecule has 0 aromatic rings. The average Bonchev–Trinajstić information content (AvgIpc) is 2.51. The number of hydrogen-bond donors (Lipinski definition) is 0. The molecule has 0 aliphatic carbocycles. The van der Waals surface area contributed by atoms with Crippen LogP contribution in [-0.4, -0.2) is 61.0 Å². The van der Waals surface area contributed by atoms with Crippen molar-refractivity contribution in [2.75, 3.05) is 42.7 Å². The van der Waals surface area contributed by atoms with Crippen LogP contribution in [0.3, 0.4) is 0 Å². The first-order valence-corrected chi connectivity index (χ1v) is 10.2. The molecule has 0 aromatic carbocycles. The van der Waals surface area contributed by atoms with Gasteiger partial charge in [-0.1, -0.05) is 26.2 Å². The minimum absolute atomic E-state index is 0.927. The molecule has 6 nitrogen and oxygen atoms in total. The standard InChI is InChI=1S/C9H22O3Si.C3H10O3Si/c1-5-6-7-8-9-13(10-2,11-3)12-4;1-4-7(5-2)6-3/h5-9H2,1-4H3;7H,1-3H3. The summed E-state index contributed by atoms with van der Waals surface area (Å²) < 4.78 is 30.2. The number of rotatable bonds is 11. The van der Waals surface area contributed by atoms with Crippen LogP contribution in [0.15, 0.2) is 0 Å². The summed E-state index contributed by atoms with van der Waals surface area (Å²) in [6.45, 7) is 2.20. The first kappa shape index (κ1) is 22.5. The van der Waals surface area contributed by atoms with Gasteiger partial charge in [-0.15, -0.1) is 0 Å². The quantitative estimate of drug-likeness (QED) is 0.427. The van der Waals surface area contributed by atoms with Crippen molar-refractivity contribution in [3.63, 3.8) is 0 Å². The molecule has 0 heterocycles. The summed E-state index contributed by atoms with van der Waals surface area (Å²) in [6, 6.07) is 0.927. The Morgan fingerprint density at radius 3 is 1.40 bits per heavy atom. The van der Waals surface area contributed by atoms with Crippen molar-refractivity contribution in [3.8, 4) is 0 Å². The molecule has 20 heavy (non-hydrogen) atoms. The van der Waals surface area contributed by atoms with E-state index in [-0.39, 0.29) is 0 Å². The Morgan fingerprint density at radius 2 is 1.15 bits per heavy atom. The second kappa shape index (κ2) is 15.6. The van der Waals surface area contributed by atoms with Crippen molar-refractivity contribution in [2.24, 2.45) is 0 Å². The SMILES string of the molecule is CCCCCC[Si](OC)(OC)OC.CO[SiH](OC)OC. The van der Waals surface area contributed by atoms with Crippen LogP contribution >= 0.6 is 0 Å². The zero-order valence-electron chi connectivity index (χ0n) is 14.1. The lowest BCUT2D eigenvalue weighted by Crippen LogP contribution is -2.42. The topological polar surface area (TPSA) is 55.4 Å². The molecule has 0 bridgehead atoms. The lowest BCUT2D eigenvalue weighted by atomic mass is 10.2. The van der Waals surface area contributed by atoms with Gasteiger partial charge in [-0.3, -0.25) is 0 Å². The minimum atomic E-state index is -2.27. The smallest absolute Gasteiger partial charge is 0.379 e. The lowest BCUT2D eigenvalue weighted by molar-refractivity contribution is 0.122. The maximum atomic E-state index is 5.31. The molecule has 0 fully saturated rings. The van der Waals surface area contributed by atoms with E-state index in [9.17, 15) is 0 Å². The van der Waals surface area contributed by atoms with E-state index in [0.717, 1.165) is 12.5 Å². The Bertz CT molecular complexity index is 175. The van der Waals surface area contributed by atoms with Gasteiger partial charge in [0.2, 0.25) is 0 Å². The summed E-state index contributed by atoms with van der Waals surface area (Å²) in [7, 11) is 5.78. The van der Waals surface area contributed by atoms with Crippen LogP contribution in [0.5, 0.6) is 0 Å². The van der Waals surface area contributed by atoms with Crippen molar-refractivity contribution in [1.82, 2.24) is 0 Å². The van der Waals surface area contributed by atoms with Gasteiger partial charge in [-0.25, -0.2) is 0 Å². The van der Waals surface area contributed by atoms with Crippen LogP contribution in [0, 0.1) is 0 Å². The van der Waals surface area contributed by atoms with Crippen LogP contribution in [0.2, 0.25) is 6.04 Å². The van der Waals surface area contributed by atoms with E-state index in [1.54, 1.807) is 42.7 Å². The minimum Gasteiger partial charge on any atom is -0.379 e. The Balaban J connectivity index is 0. The Labute approximate surface area is 127 Å². The summed E-state index contributed by atoms with van der Waals surface area (Å²) in [6.07, 6.45) is 4.90. The molecule has 8 heteroatoms. The Morgan fingerprint density at radius 1 is 0.700 bits per heavy atom. The first-order valence-electron chi connectivity index (χ1n) is 6.83. The molecule has 0 saturated carbocycles. The first-order chi connectivity index (χ1) is 9.59. The molecule has 0 radical (unpaired) electrons. The summed E-state index contributed by atoms with van der Waals surface area (Å²) >= 11 is 0. The predicted octanol–water partition coefficient (Wildman–Crippen LogP) is 2.09. The molecule has 0 saturated heterocycles. The zero-order chi connectivity index (χ0) is 15.9. The van der Waals surface area contributed by atoms with Crippen molar-refractivity contribution in [3.05, 3.63) is 0 Å². The average molecular weight is 329 g/mol. The molecule has 0 unspecified atom stereocenters. The maximum absolute atomic E-state index is 5.31. The molecule has 0 N–H and O–H groups in total. The van der Waals surface area contributed by atoms with Gasteiger partial charge in [0.05, 0.1) is 0 Å². The van der Waals surface area contributed by atoms with Crippen LogP contribution in [0.4, 0.5) is 0 Å². The van der Waals surface area contributed by atoms with Crippen molar-refractivity contribution < 1.29 is 26.6 Å². The summed E-state index contributed by atoms with van der Waals surface area (Å²) in [5, 5.41) is 0. The third-order valence-corrected chi connectivity index (χ3v) is 6.83. The fourth-order valence-corrected chi connectivity index (χ4v) is 3.99. The maximum Gasteiger partial charge on any atom is 0.500 e. The van der Waals surface area contributed by atoms with Gasteiger partial charge >= 0.3 is 18.3 Å². The van der Waals surface area contributed by atoms with Crippen LogP contribution in [0.25, 0.3) is 0 Å². The second-order valence-corrected chi connectivity index (χ2v) is 9.18. The summed E-state index contributed by atoms with van der Waals surface area (Å²) in [4.78, 5) is 0. The molecule has 0 atom stereocenters. The fourth-order valence-electron chi connectivity index (χ4n) is 1.61. The summed E-state index contributed by atoms with van der Waals surface area (Å²) in [5.74, 6) is 0. The van der Waals surface area contributed by atoms with Gasteiger partial charge in [0, 0.05) is 48.7 Å². The van der Waals surface area contributed by atoms with Gasteiger partial charge in [0.15, 0.2) is 0 Å². The highest BCUT2D eigenvalue weighted by molar-refractivity contribution is 6.60. The highest BCUT2D eigenvalue weighted by Gasteiger charge is 2.36. The van der Waals surface area contributed by atoms with Crippen molar-refractivity contribution in [1.29, 1.82) is 0 Å². The van der Waals surface area contributed by atoms with Crippen LogP contribution < -0.4 is 0 Å². The molecular formula is C12H32O6Si2. The molecule has 124 valence electrons. The second-order valence-electron chi connectivity index (χ2n) is 4.10. The van der Waals surface area contributed by atoms with Gasteiger partial charge in [-0.05, 0) is 6.42 Å². The van der Waals surface area contributed by atoms with Crippen molar-refractivity contribution >= 4 is 18.3 Å². The zero-order valence-corrected chi connectivity index (χ0v) is 16.2. The number of hydrogen-bond acceptors (Lipinski definition) is 6. The van der Waals surface area contributed by atoms with E-state index < -0.39 is 18.3 Å². The molecule has 0 aliphatic rings. The van der Waals surface area contributed by atoms with Crippen LogP contribution in [-0.2, 0) is 26.6 Å². The van der Waals surface area contributed by atoms with E-state index in [1.807, 2.05) is 0 Å². The Hall–Kier alpha value is 0.194. The lowest BCUT2D eigenvalue weighted by Gasteiger charge is -2.24. The van der Waals surface area contributed by atoms with E-state index in [0.29, 0.717) is 0 Å². The largest absolute Gasteiger partial charge is 0.500 e. The highest BCUT2D eigenvalue weighted by atomic mass is 28.4. The van der Waals surface area contributed by atoms with Gasteiger partial charge in [0.25, 0.3) is 0 Å². The molecule has 0 rings (SSSR count). The highest BCUT2D eigenvalue weighted by Crippen LogP contribution is 2.17. The van der Waals surface area contributed by atoms with E-state index in [1.165, 1.54) is 19.3 Å².